The summed E-state index contributed by atoms with van der Waals surface area (Å²) in [5, 5.41) is 0. The van der Waals surface area contributed by atoms with Crippen molar-refractivity contribution in [1.29, 1.82) is 0 Å². The maximum atomic E-state index is 2.74. The molecule has 1 aliphatic heterocycles. The Labute approximate surface area is 242 Å². The van der Waals surface area contributed by atoms with Gasteiger partial charge in [-0.3, -0.25) is 0 Å². The van der Waals surface area contributed by atoms with E-state index in [4.69, 9.17) is 0 Å². The van der Waals surface area contributed by atoms with E-state index in [1.54, 1.807) is 0 Å². The van der Waals surface area contributed by atoms with Crippen LogP contribution in [0.1, 0.15) is 194 Å². The van der Waals surface area contributed by atoms with E-state index >= 15 is 0 Å². The number of rotatable bonds is 30. The molecule has 2 nitrogen and oxygen atoms in total. The number of nitrogens with zero attached hydrogens (tertiary/aromatic N) is 2. The summed E-state index contributed by atoms with van der Waals surface area (Å²) in [6.45, 7) is 12.6. The first-order valence-corrected chi connectivity index (χ1v) is 18.3. The van der Waals surface area contributed by atoms with Crippen molar-refractivity contribution in [3.8, 4) is 0 Å². The Kier molecular flexibility index (Phi) is 28.3. The molecule has 0 atom stereocenters. The minimum absolute atomic E-state index is 1.32. The number of unbranched alkanes of at least 4 members (excludes halogenated alkanes) is 26. The van der Waals surface area contributed by atoms with E-state index in [1.165, 1.54) is 219 Å². The molecule has 0 amide bonds. The Morgan fingerprint density at radius 2 is 0.447 bits per heavy atom. The molecule has 0 spiro atoms. The maximum absolute atomic E-state index is 2.74. The fraction of sp³-hybridized carbons (Fsp3) is 1.00. The Balaban J connectivity index is 1.75. The summed E-state index contributed by atoms with van der Waals surface area (Å²) in [4.78, 5) is 5.48. The van der Waals surface area contributed by atoms with E-state index in [9.17, 15) is 0 Å². The lowest BCUT2D eigenvalue weighted by Crippen LogP contribution is -2.46. The standard InChI is InChI=1S/C36H74N2/c1-3-5-7-9-11-13-15-17-19-21-23-25-27-29-31-37-33-35-38(36-34-37)32-30-28-26-24-22-20-18-16-14-12-10-8-6-4-2/h3-36H2,1-2H3. The molecule has 0 unspecified atom stereocenters. The van der Waals surface area contributed by atoms with Crippen LogP contribution >= 0.6 is 0 Å². The minimum Gasteiger partial charge on any atom is -0.301 e. The van der Waals surface area contributed by atoms with Crippen molar-refractivity contribution < 1.29 is 0 Å². The van der Waals surface area contributed by atoms with Crippen LogP contribution in [0.4, 0.5) is 0 Å². The fourth-order valence-corrected chi connectivity index (χ4v) is 6.30. The summed E-state index contributed by atoms with van der Waals surface area (Å²) in [5.41, 5.74) is 0. The Morgan fingerprint density at radius 3 is 0.658 bits per heavy atom. The van der Waals surface area contributed by atoms with Crippen LogP contribution < -0.4 is 0 Å². The van der Waals surface area contributed by atoms with Crippen molar-refractivity contribution in [3.63, 3.8) is 0 Å². The smallest absolute Gasteiger partial charge is 0.0110 e. The number of hydrogen-bond donors (Lipinski definition) is 0. The summed E-state index contributed by atoms with van der Waals surface area (Å²) in [6.07, 6.45) is 40.9. The average molecular weight is 535 g/mol. The lowest BCUT2D eigenvalue weighted by atomic mass is 10.0. The van der Waals surface area contributed by atoms with Crippen molar-refractivity contribution in [1.82, 2.24) is 9.80 Å². The van der Waals surface area contributed by atoms with Gasteiger partial charge in [-0.05, 0) is 25.9 Å². The molecule has 1 rings (SSSR count). The van der Waals surface area contributed by atoms with Gasteiger partial charge < -0.3 is 9.80 Å². The number of piperazine rings is 1. The van der Waals surface area contributed by atoms with Crippen LogP contribution in [-0.2, 0) is 0 Å². The van der Waals surface area contributed by atoms with Gasteiger partial charge in [0.2, 0.25) is 0 Å². The van der Waals surface area contributed by atoms with Crippen LogP contribution in [0.3, 0.4) is 0 Å². The maximum Gasteiger partial charge on any atom is 0.0110 e. The highest BCUT2D eigenvalue weighted by Gasteiger charge is 2.15. The van der Waals surface area contributed by atoms with E-state index in [2.05, 4.69) is 23.6 Å². The molecule has 0 N–H and O–H groups in total. The highest BCUT2D eigenvalue weighted by atomic mass is 15.3. The molecule has 0 aliphatic carbocycles. The van der Waals surface area contributed by atoms with Gasteiger partial charge in [0, 0.05) is 26.2 Å². The molecule has 1 heterocycles. The van der Waals surface area contributed by atoms with Gasteiger partial charge in [-0.15, -0.1) is 0 Å². The van der Waals surface area contributed by atoms with Crippen LogP contribution in [0.2, 0.25) is 0 Å². The second kappa shape index (κ2) is 29.9. The summed E-state index contributed by atoms with van der Waals surface area (Å²) in [6, 6.07) is 0. The molecule has 38 heavy (non-hydrogen) atoms. The molecule has 0 saturated carbocycles. The molecule has 2 heteroatoms. The molecular weight excluding hydrogens is 460 g/mol. The third kappa shape index (κ3) is 24.9. The predicted octanol–water partition coefficient (Wildman–Crippen LogP) is 11.6. The molecule has 0 aromatic carbocycles. The quantitative estimate of drug-likeness (QED) is 0.0845. The molecule has 0 bridgehead atoms. The zero-order valence-electron chi connectivity index (χ0n) is 26.9. The fourth-order valence-electron chi connectivity index (χ4n) is 6.30. The van der Waals surface area contributed by atoms with Crippen molar-refractivity contribution >= 4 is 0 Å². The Bertz CT molecular complexity index is 389. The monoisotopic (exact) mass is 535 g/mol. The van der Waals surface area contributed by atoms with Gasteiger partial charge in [-0.1, -0.05) is 181 Å². The SMILES string of the molecule is CCCCCCCCCCCCCCCCN1CCN(CCCCCCCCCCCCCCCC)CC1. The zero-order valence-corrected chi connectivity index (χ0v) is 26.9. The number of hydrogen-bond acceptors (Lipinski definition) is 2. The van der Waals surface area contributed by atoms with E-state index in [0.29, 0.717) is 0 Å². The third-order valence-electron chi connectivity index (χ3n) is 9.12. The summed E-state index contributed by atoms with van der Waals surface area (Å²) in [5.74, 6) is 0. The van der Waals surface area contributed by atoms with Gasteiger partial charge in [-0.2, -0.15) is 0 Å². The van der Waals surface area contributed by atoms with Crippen LogP contribution in [0.5, 0.6) is 0 Å². The van der Waals surface area contributed by atoms with Gasteiger partial charge in [0.1, 0.15) is 0 Å². The lowest BCUT2D eigenvalue weighted by molar-refractivity contribution is 0.129. The highest BCUT2D eigenvalue weighted by Crippen LogP contribution is 2.15. The van der Waals surface area contributed by atoms with Crippen molar-refractivity contribution in [3.05, 3.63) is 0 Å². The Hall–Kier alpha value is -0.0800. The van der Waals surface area contributed by atoms with Gasteiger partial charge in [-0.25, -0.2) is 0 Å². The summed E-state index contributed by atoms with van der Waals surface area (Å²) < 4.78 is 0. The first-order chi connectivity index (χ1) is 18.9. The van der Waals surface area contributed by atoms with E-state index in [0.717, 1.165) is 0 Å². The third-order valence-corrected chi connectivity index (χ3v) is 9.12. The highest BCUT2D eigenvalue weighted by molar-refractivity contribution is 4.72. The average Bonchev–Trinajstić information content (AvgIpc) is 2.94. The van der Waals surface area contributed by atoms with E-state index in [1.807, 2.05) is 0 Å². The zero-order chi connectivity index (χ0) is 27.2. The summed E-state index contributed by atoms with van der Waals surface area (Å²) >= 11 is 0. The molecule has 228 valence electrons. The van der Waals surface area contributed by atoms with Crippen molar-refractivity contribution in [2.24, 2.45) is 0 Å². The van der Waals surface area contributed by atoms with Gasteiger partial charge in [0.05, 0.1) is 0 Å². The van der Waals surface area contributed by atoms with Crippen LogP contribution in [-0.4, -0.2) is 49.1 Å². The molecular formula is C36H74N2. The molecule has 1 aliphatic rings. The van der Waals surface area contributed by atoms with Crippen LogP contribution in [0, 0.1) is 0 Å². The first kappa shape index (κ1) is 35.9. The Morgan fingerprint density at radius 1 is 0.263 bits per heavy atom. The van der Waals surface area contributed by atoms with Gasteiger partial charge in [0.15, 0.2) is 0 Å². The van der Waals surface area contributed by atoms with E-state index < -0.39 is 0 Å². The normalized spacial score (nSPS) is 15.0. The summed E-state index contributed by atoms with van der Waals surface area (Å²) in [7, 11) is 0. The first-order valence-electron chi connectivity index (χ1n) is 18.3. The predicted molar refractivity (Wildman–Crippen MR) is 174 cm³/mol. The van der Waals surface area contributed by atoms with Gasteiger partial charge >= 0.3 is 0 Å². The largest absolute Gasteiger partial charge is 0.301 e. The lowest BCUT2D eigenvalue weighted by Gasteiger charge is -2.34. The van der Waals surface area contributed by atoms with Crippen LogP contribution in [0.25, 0.3) is 0 Å². The van der Waals surface area contributed by atoms with Crippen molar-refractivity contribution in [2.45, 2.75) is 194 Å². The van der Waals surface area contributed by atoms with E-state index in [-0.39, 0.29) is 0 Å². The molecule has 0 aromatic rings. The molecule has 1 fully saturated rings. The topological polar surface area (TPSA) is 6.48 Å². The molecule has 1 saturated heterocycles. The molecule has 0 aromatic heterocycles. The second-order valence-electron chi connectivity index (χ2n) is 12.9. The molecule has 0 radical (unpaired) electrons. The van der Waals surface area contributed by atoms with Crippen LogP contribution in [0.15, 0.2) is 0 Å². The van der Waals surface area contributed by atoms with Crippen molar-refractivity contribution in [2.75, 3.05) is 39.3 Å². The van der Waals surface area contributed by atoms with Gasteiger partial charge in [0.25, 0.3) is 0 Å². The second-order valence-corrected chi connectivity index (χ2v) is 12.9. The minimum atomic E-state index is 1.32.